The zero-order valence-corrected chi connectivity index (χ0v) is 19.6. The van der Waals surface area contributed by atoms with Gasteiger partial charge in [0.1, 0.15) is 0 Å². The second kappa shape index (κ2) is 9.87. The van der Waals surface area contributed by atoms with Gasteiger partial charge < -0.3 is 14.7 Å². The molecule has 32 heavy (non-hydrogen) atoms. The molecule has 0 aromatic heterocycles. The van der Waals surface area contributed by atoms with E-state index in [1.54, 1.807) is 12.1 Å². The standard InChI is InChI=1S/C22H33F3N2O4S/c1-15(2)19-12-26(18-6-5-17(13-28)20(10-18)32(3,29)30)8-9-27(19)11-16-4-7-21(31-14-16)22(23,24)25/h5-6,10,15-16,19,21,28H,4,7-9,11-14H2,1-3H3/t16-,19+,21-/m0/s1. The summed E-state index contributed by atoms with van der Waals surface area (Å²) in [5.74, 6) is 0.387. The molecular weight excluding hydrogens is 445 g/mol. The van der Waals surface area contributed by atoms with Gasteiger partial charge in [0, 0.05) is 44.2 Å². The van der Waals surface area contributed by atoms with Crippen LogP contribution in [0.5, 0.6) is 0 Å². The van der Waals surface area contributed by atoms with Gasteiger partial charge in [-0.2, -0.15) is 13.2 Å². The highest BCUT2D eigenvalue weighted by atomic mass is 32.2. The van der Waals surface area contributed by atoms with Crippen LogP contribution in [0.25, 0.3) is 0 Å². The molecule has 2 saturated heterocycles. The SMILES string of the molecule is CC(C)[C@H]1CN(c2ccc(CO)c(S(C)(=O)=O)c2)CCN1C[C@@H]1CC[C@@H](C(F)(F)F)OC1. The summed E-state index contributed by atoms with van der Waals surface area (Å²) in [6.07, 6.45) is -4.31. The van der Waals surface area contributed by atoms with Crippen molar-refractivity contribution in [1.82, 2.24) is 4.90 Å². The average molecular weight is 479 g/mol. The molecule has 0 radical (unpaired) electrons. The number of aliphatic hydroxyl groups excluding tert-OH is 1. The van der Waals surface area contributed by atoms with Crippen LogP contribution < -0.4 is 4.90 Å². The van der Waals surface area contributed by atoms with Crippen LogP contribution in [0, 0.1) is 11.8 Å². The molecule has 0 spiro atoms. The first-order chi connectivity index (χ1) is 14.9. The number of benzene rings is 1. The monoisotopic (exact) mass is 478 g/mol. The maximum absolute atomic E-state index is 12.9. The first-order valence-corrected chi connectivity index (χ1v) is 12.9. The molecule has 1 aromatic carbocycles. The zero-order chi connectivity index (χ0) is 23.7. The summed E-state index contributed by atoms with van der Waals surface area (Å²) >= 11 is 0. The van der Waals surface area contributed by atoms with Crippen molar-refractivity contribution in [3.63, 3.8) is 0 Å². The number of nitrogens with zero attached hydrogens (tertiary/aromatic N) is 2. The summed E-state index contributed by atoms with van der Waals surface area (Å²) in [7, 11) is -3.47. The fourth-order valence-electron chi connectivity index (χ4n) is 4.70. The smallest absolute Gasteiger partial charge is 0.392 e. The van der Waals surface area contributed by atoms with Gasteiger partial charge in [0.2, 0.25) is 0 Å². The van der Waals surface area contributed by atoms with E-state index in [2.05, 4.69) is 23.6 Å². The Hall–Kier alpha value is -1.36. The van der Waals surface area contributed by atoms with Crippen LogP contribution in [0.3, 0.4) is 0 Å². The molecule has 2 aliphatic rings. The van der Waals surface area contributed by atoms with Crippen LogP contribution in [-0.4, -0.2) is 75.8 Å². The topological polar surface area (TPSA) is 70.1 Å². The third kappa shape index (κ3) is 5.95. The van der Waals surface area contributed by atoms with Gasteiger partial charge in [-0.05, 0) is 42.4 Å². The average Bonchev–Trinajstić information content (AvgIpc) is 2.72. The lowest BCUT2D eigenvalue weighted by Gasteiger charge is -2.46. The van der Waals surface area contributed by atoms with Crippen LogP contribution in [0.15, 0.2) is 23.1 Å². The molecule has 1 N–H and O–H groups in total. The predicted octanol–water partition coefficient (Wildman–Crippen LogP) is 3.09. The Kier molecular flexibility index (Phi) is 7.79. The second-order valence-corrected chi connectivity index (χ2v) is 11.3. The first kappa shape index (κ1) is 25.3. The highest BCUT2D eigenvalue weighted by Gasteiger charge is 2.43. The van der Waals surface area contributed by atoms with Gasteiger partial charge in [0.15, 0.2) is 15.9 Å². The van der Waals surface area contributed by atoms with E-state index in [4.69, 9.17) is 4.74 Å². The van der Waals surface area contributed by atoms with Crippen molar-refractivity contribution in [2.45, 2.75) is 56.5 Å². The summed E-state index contributed by atoms with van der Waals surface area (Å²) in [6, 6.07) is 5.29. The van der Waals surface area contributed by atoms with E-state index in [9.17, 15) is 26.7 Å². The number of ether oxygens (including phenoxy) is 1. The normalized spacial score (nSPS) is 26.0. The number of anilines is 1. The molecule has 0 aliphatic carbocycles. The number of halogens is 3. The largest absolute Gasteiger partial charge is 0.414 e. The fourth-order valence-corrected chi connectivity index (χ4v) is 5.64. The maximum Gasteiger partial charge on any atom is 0.414 e. The number of alkyl halides is 3. The van der Waals surface area contributed by atoms with E-state index in [1.807, 2.05) is 6.07 Å². The molecule has 3 atom stereocenters. The number of hydrogen-bond donors (Lipinski definition) is 1. The Morgan fingerprint density at radius 3 is 2.47 bits per heavy atom. The summed E-state index contributed by atoms with van der Waals surface area (Å²) < 4.78 is 68.0. The summed E-state index contributed by atoms with van der Waals surface area (Å²) in [6.45, 7) is 6.82. The third-order valence-electron chi connectivity index (χ3n) is 6.52. The van der Waals surface area contributed by atoms with Crippen LogP contribution in [-0.2, 0) is 21.2 Å². The summed E-state index contributed by atoms with van der Waals surface area (Å²) in [4.78, 5) is 4.62. The molecule has 0 saturated carbocycles. The molecule has 1 aromatic rings. The molecule has 0 amide bonds. The van der Waals surface area contributed by atoms with E-state index in [-0.39, 0.29) is 36.5 Å². The third-order valence-corrected chi connectivity index (χ3v) is 7.70. The predicted molar refractivity (Wildman–Crippen MR) is 116 cm³/mol. The second-order valence-electron chi connectivity index (χ2n) is 9.28. The number of aliphatic hydroxyl groups is 1. The Balaban J connectivity index is 1.68. The van der Waals surface area contributed by atoms with E-state index < -0.39 is 22.1 Å². The zero-order valence-electron chi connectivity index (χ0n) is 18.8. The van der Waals surface area contributed by atoms with Crippen molar-refractivity contribution < 1.29 is 31.4 Å². The number of hydrogen-bond acceptors (Lipinski definition) is 6. The van der Waals surface area contributed by atoms with Crippen LogP contribution in [0.2, 0.25) is 0 Å². The van der Waals surface area contributed by atoms with Crippen LogP contribution in [0.4, 0.5) is 18.9 Å². The molecule has 10 heteroatoms. The minimum atomic E-state index is -4.30. The molecule has 6 nitrogen and oxygen atoms in total. The first-order valence-electron chi connectivity index (χ1n) is 11.0. The highest BCUT2D eigenvalue weighted by Crippen LogP contribution is 2.33. The van der Waals surface area contributed by atoms with Crippen molar-refractivity contribution in [2.75, 3.05) is 43.9 Å². The molecule has 2 heterocycles. The Morgan fingerprint density at radius 2 is 1.94 bits per heavy atom. The molecule has 2 aliphatic heterocycles. The Labute approximate surface area is 188 Å². The van der Waals surface area contributed by atoms with Crippen molar-refractivity contribution in [2.24, 2.45) is 11.8 Å². The minimum Gasteiger partial charge on any atom is -0.392 e. The lowest BCUT2D eigenvalue weighted by atomic mass is 9.93. The Morgan fingerprint density at radius 1 is 1.22 bits per heavy atom. The highest BCUT2D eigenvalue weighted by molar-refractivity contribution is 7.90. The van der Waals surface area contributed by atoms with E-state index in [0.29, 0.717) is 37.5 Å². The van der Waals surface area contributed by atoms with Crippen molar-refractivity contribution in [3.05, 3.63) is 23.8 Å². The van der Waals surface area contributed by atoms with Crippen LogP contribution >= 0.6 is 0 Å². The van der Waals surface area contributed by atoms with E-state index in [1.165, 1.54) is 0 Å². The summed E-state index contributed by atoms with van der Waals surface area (Å²) in [5.41, 5.74) is 1.17. The minimum absolute atomic E-state index is 0.00590. The van der Waals surface area contributed by atoms with Gasteiger partial charge in [0.25, 0.3) is 0 Å². The fraction of sp³-hybridized carbons (Fsp3) is 0.727. The van der Waals surface area contributed by atoms with Crippen molar-refractivity contribution in [1.29, 1.82) is 0 Å². The van der Waals surface area contributed by atoms with Gasteiger partial charge >= 0.3 is 6.18 Å². The van der Waals surface area contributed by atoms with Crippen LogP contribution in [0.1, 0.15) is 32.3 Å². The molecule has 2 fully saturated rings. The maximum atomic E-state index is 12.9. The molecule has 0 bridgehead atoms. The van der Waals surface area contributed by atoms with Crippen molar-refractivity contribution in [3.8, 4) is 0 Å². The van der Waals surface area contributed by atoms with Gasteiger partial charge in [-0.25, -0.2) is 8.42 Å². The molecule has 0 unspecified atom stereocenters. The van der Waals surface area contributed by atoms with E-state index >= 15 is 0 Å². The van der Waals surface area contributed by atoms with Gasteiger partial charge in [-0.3, -0.25) is 4.90 Å². The lowest BCUT2D eigenvalue weighted by molar-refractivity contribution is -0.236. The van der Waals surface area contributed by atoms with Gasteiger partial charge in [-0.15, -0.1) is 0 Å². The van der Waals surface area contributed by atoms with Gasteiger partial charge in [0.05, 0.1) is 18.1 Å². The molecule has 3 rings (SSSR count). The van der Waals surface area contributed by atoms with Gasteiger partial charge in [-0.1, -0.05) is 19.9 Å². The molecular formula is C22H33F3N2O4S. The number of piperazine rings is 1. The van der Waals surface area contributed by atoms with Crippen molar-refractivity contribution >= 4 is 15.5 Å². The summed E-state index contributed by atoms with van der Waals surface area (Å²) in [5, 5.41) is 9.49. The Bertz CT molecular complexity index is 884. The lowest BCUT2D eigenvalue weighted by Crippen LogP contribution is -2.57. The number of rotatable bonds is 6. The molecule has 182 valence electrons. The quantitative estimate of drug-likeness (QED) is 0.678. The number of sulfone groups is 1. The van der Waals surface area contributed by atoms with E-state index in [0.717, 1.165) is 18.5 Å².